The third kappa shape index (κ3) is 1.73. The molecule has 0 spiro atoms. The summed E-state index contributed by atoms with van der Waals surface area (Å²) in [5.41, 5.74) is 6.00. The lowest BCUT2D eigenvalue weighted by molar-refractivity contribution is 0.553. The maximum absolute atomic E-state index is 13.4. The van der Waals surface area contributed by atoms with E-state index in [9.17, 15) is 8.78 Å². The number of oxazole rings is 1. The standard InChI is InChI=1S/C10H8F2N2O/c11-6-1-2-7(8(12)3-6)10-9(4-13)14-5-15-10/h1-3,5H,4,13H2. The van der Waals surface area contributed by atoms with Crippen molar-refractivity contribution in [3.05, 3.63) is 41.9 Å². The Kier molecular flexibility index (Phi) is 2.47. The first-order chi connectivity index (χ1) is 7.22. The number of hydrogen-bond acceptors (Lipinski definition) is 3. The van der Waals surface area contributed by atoms with Gasteiger partial charge in [-0.2, -0.15) is 0 Å². The number of rotatable bonds is 2. The molecule has 0 aliphatic rings. The van der Waals surface area contributed by atoms with Crippen LogP contribution in [0, 0.1) is 11.6 Å². The Morgan fingerprint density at radius 1 is 1.33 bits per heavy atom. The summed E-state index contributed by atoms with van der Waals surface area (Å²) in [6, 6.07) is 3.24. The number of aromatic nitrogens is 1. The van der Waals surface area contributed by atoms with Crippen LogP contribution in [-0.4, -0.2) is 4.98 Å². The molecule has 0 aliphatic heterocycles. The van der Waals surface area contributed by atoms with Crippen LogP contribution in [0.25, 0.3) is 11.3 Å². The number of halogens is 2. The van der Waals surface area contributed by atoms with Crippen molar-refractivity contribution in [3.8, 4) is 11.3 Å². The summed E-state index contributed by atoms with van der Waals surface area (Å²) < 4.78 is 31.0. The van der Waals surface area contributed by atoms with Gasteiger partial charge in [0.15, 0.2) is 12.2 Å². The monoisotopic (exact) mass is 210 g/mol. The molecule has 0 unspecified atom stereocenters. The van der Waals surface area contributed by atoms with E-state index in [-0.39, 0.29) is 17.9 Å². The zero-order valence-corrected chi connectivity index (χ0v) is 7.71. The molecule has 2 rings (SSSR count). The smallest absolute Gasteiger partial charge is 0.181 e. The second-order valence-electron chi connectivity index (χ2n) is 2.96. The predicted molar refractivity (Wildman–Crippen MR) is 49.7 cm³/mol. The molecule has 0 bridgehead atoms. The first-order valence-corrected chi connectivity index (χ1v) is 4.30. The lowest BCUT2D eigenvalue weighted by atomic mass is 10.1. The van der Waals surface area contributed by atoms with E-state index in [2.05, 4.69) is 4.98 Å². The van der Waals surface area contributed by atoms with E-state index in [0.29, 0.717) is 5.69 Å². The van der Waals surface area contributed by atoms with Crippen molar-refractivity contribution in [3.63, 3.8) is 0 Å². The molecule has 0 saturated carbocycles. The molecule has 78 valence electrons. The molecule has 0 amide bonds. The Hall–Kier alpha value is -1.75. The van der Waals surface area contributed by atoms with Crippen molar-refractivity contribution < 1.29 is 13.2 Å². The van der Waals surface area contributed by atoms with Crippen molar-refractivity contribution in [1.82, 2.24) is 4.98 Å². The molecule has 0 atom stereocenters. The lowest BCUT2D eigenvalue weighted by Gasteiger charge is -2.00. The van der Waals surface area contributed by atoms with Crippen LogP contribution in [0.4, 0.5) is 8.78 Å². The summed E-state index contributed by atoms with van der Waals surface area (Å²) in [7, 11) is 0. The van der Waals surface area contributed by atoms with Gasteiger partial charge in [0.05, 0.1) is 5.56 Å². The quantitative estimate of drug-likeness (QED) is 0.825. The van der Waals surface area contributed by atoms with Gasteiger partial charge >= 0.3 is 0 Å². The molecule has 5 heteroatoms. The zero-order chi connectivity index (χ0) is 10.8. The van der Waals surface area contributed by atoms with E-state index < -0.39 is 11.6 Å². The fourth-order valence-corrected chi connectivity index (χ4v) is 1.31. The minimum absolute atomic E-state index is 0.142. The molecular weight excluding hydrogens is 202 g/mol. The van der Waals surface area contributed by atoms with Gasteiger partial charge in [-0.3, -0.25) is 0 Å². The van der Waals surface area contributed by atoms with Gasteiger partial charge in [-0.25, -0.2) is 13.8 Å². The van der Waals surface area contributed by atoms with E-state index in [0.717, 1.165) is 12.1 Å². The summed E-state index contributed by atoms with van der Waals surface area (Å²) in [5, 5.41) is 0. The van der Waals surface area contributed by atoms with E-state index in [1.54, 1.807) is 0 Å². The number of nitrogens with two attached hydrogens (primary N) is 1. The van der Waals surface area contributed by atoms with Crippen molar-refractivity contribution >= 4 is 0 Å². The van der Waals surface area contributed by atoms with Crippen molar-refractivity contribution in [2.24, 2.45) is 5.73 Å². The second kappa shape index (κ2) is 3.78. The fourth-order valence-electron chi connectivity index (χ4n) is 1.31. The van der Waals surface area contributed by atoms with Crippen LogP contribution < -0.4 is 5.73 Å². The Balaban J connectivity index is 2.54. The Labute approximate surface area is 84.5 Å². The second-order valence-corrected chi connectivity index (χ2v) is 2.96. The summed E-state index contributed by atoms with van der Waals surface area (Å²) in [5.74, 6) is -1.08. The molecule has 0 saturated heterocycles. The average Bonchev–Trinajstić information content (AvgIpc) is 2.65. The Morgan fingerprint density at radius 3 is 2.80 bits per heavy atom. The lowest BCUT2D eigenvalue weighted by Crippen LogP contribution is -1.99. The molecule has 15 heavy (non-hydrogen) atoms. The van der Waals surface area contributed by atoms with Crippen LogP contribution in [-0.2, 0) is 6.54 Å². The van der Waals surface area contributed by atoms with Gasteiger partial charge in [0, 0.05) is 12.6 Å². The van der Waals surface area contributed by atoms with E-state index >= 15 is 0 Å². The third-order valence-electron chi connectivity index (χ3n) is 2.01. The van der Waals surface area contributed by atoms with E-state index in [4.69, 9.17) is 10.2 Å². The number of benzene rings is 1. The van der Waals surface area contributed by atoms with Gasteiger partial charge in [0.1, 0.15) is 17.3 Å². The first kappa shape index (κ1) is 9.79. The fraction of sp³-hybridized carbons (Fsp3) is 0.100. The van der Waals surface area contributed by atoms with E-state index in [1.807, 2.05) is 0 Å². The molecule has 0 fully saturated rings. The highest BCUT2D eigenvalue weighted by molar-refractivity contribution is 5.60. The third-order valence-corrected chi connectivity index (χ3v) is 2.01. The molecule has 0 radical (unpaired) electrons. The minimum Gasteiger partial charge on any atom is -0.443 e. The van der Waals surface area contributed by atoms with Gasteiger partial charge in [-0.1, -0.05) is 0 Å². The maximum Gasteiger partial charge on any atom is 0.181 e. The number of hydrogen-bond donors (Lipinski definition) is 1. The molecule has 3 nitrogen and oxygen atoms in total. The zero-order valence-electron chi connectivity index (χ0n) is 7.71. The topological polar surface area (TPSA) is 52.0 Å². The van der Waals surface area contributed by atoms with Crippen LogP contribution in [0.1, 0.15) is 5.69 Å². The summed E-state index contributed by atoms with van der Waals surface area (Å²) in [4.78, 5) is 3.82. The van der Waals surface area contributed by atoms with Crippen molar-refractivity contribution in [2.75, 3.05) is 0 Å². The van der Waals surface area contributed by atoms with Crippen LogP contribution in [0.15, 0.2) is 29.0 Å². The SMILES string of the molecule is NCc1ncoc1-c1ccc(F)cc1F. The molecule has 1 aromatic heterocycles. The number of nitrogens with zero attached hydrogens (tertiary/aromatic N) is 1. The van der Waals surface area contributed by atoms with Crippen molar-refractivity contribution in [2.45, 2.75) is 6.54 Å². The molecule has 1 heterocycles. The van der Waals surface area contributed by atoms with Crippen LogP contribution >= 0.6 is 0 Å². The average molecular weight is 210 g/mol. The van der Waals surface area contributed by atoms with Gasteiger partial charge in [0.2, 0.25) is 0 Å². The van der Waals surface area contributed by atoms with Gasteiger partial charge in [-0.05, 0) is 12.1 Å². The molecule has 2 N–H and O–H groups in total. The summed E-state index contributed by atoms with van der Waals surface area (Å²) in [6.45, 7) is 0.142. The highest BCUT2D eigenvalue weighted by Gasteiger charge is 2.14. The van der Waals surface area contributed by atoms with Gasteiger partial charge in [-0.15, -0.1) is 0 Å². The molecule has 1 aromatic carbocycles. The molecule has 2 aromatic rings. The molecular formula is C10H8F2N2O. The minimum atomic E-state index is -0.693. The molecule has 0 aliphatic carbocycles. The van der Waals surface area contributed by atoms with Crippen LogP contribution in [0.2, 0.25) is 0 Å². The maximum atomic E-state index is 13.4. The summed E-state index contributed by atoms with van der Waals surface area (Å²) >= 11 is 0. The van der Waals surface area contributed by atoms with Crippen molar-refractivity contribution in [1.29, 1.82) is 0 Å². The van der Waals surface area contributed by atoms with Crippen LogP contribution in [0.3, 0.4) is 0 Å². The van der Waals surface area contributed by atoms with E-state index in [1.165, 1.54) is 12.5 Å². The normalized spacial score (nSPS) is 10.6. The predicted octanol–water partition coefficient (Wildman–Crippen LogP) is 2.08. The Morgan fingerprint density at radius 2 is 2.13 bits per heavy atom. The van der Waals surface area contributed by atoms with Crippen LogP contribution in [0.5, 0.6) is 0 Å². The highest BCUT2D eigenvalue weighted by atomic mass is 19.1. The highest BCUT2D eigenvalue weighted by Crippen LogP contribution is 2.25. The summed E-state index contributed by atoms with van der Waals surface area (Å²) in [6.07, 6.45) is 1.18. The largest absolute Gasteiger partial charge is 0.443 e. The van der Waals surface area contributed by atoms with Gasteiger partial charge < -0.3 is 10.2 Å². The van der Waals surface area contributed by atoms with Gasteiger partial charge in [0.25, 0.3) is 0 Å². The first-order valence-electron chi connectivity index (χ1n) is 4.30. The Bertz CT molecular complexity index is 482.